The third-order valence-corrected chi connectivity index (χ3v) is 10.0. The van der Waals surface area contributed by atoms with Gasteiger partial charge in [-0.05, 0) is 92.8 Å². The lowest BCUT2D eigenvalue weighted by Gasteiger charge is -2.39. The molecule has 10 nitrogen and oxygen atoms in total. The lowest BCUT2D eigenvalue weighted by atomic mass is 9.78. The third kappa shape index (κ3) is 9.08. The van der Waals surface area contributed by atoms with Crippen LogP contribution in [0.5, 0.6) is 5.75 Å². The fourth-order valence-corrected chi connectivity index (χ4v) is 7.13. The first kappa shape index (κ1) is 35.7. The third-order valence-electron chi connectivity index (χ3n) is 9.55. The second-order valence-electron chi connectivity index (χ2n) is 13.8. The molecule has 5 rings (SSSR count). The van der Waals surface area contributed by atoms with Crippen molar-refractivity contribution < 1.29 is 28.7 Å². The van der Waals surface area contributed by atoms with Crippen LogP contribution in [-0.2, 0) is 24.6 Å². The Kier molecular flexibility index (Phi) is 11.7. The summed E-state index contributed by atoms with van der Waals surface area (Å²) in [7, 11) is 0. The van der Waals surface area contributed by atoms with Crippen molar-refractivity contribution in [3.05, 3.63) is 64.1 Å². The highest BCUT2D eigenvalue weighted by molar-refractivity contribution is 6.38. The summed E-state index contributed by atoms with van der Waals surface area (Å²) in [5, 5.41) is 9.34. The van der Waals surface area contributed by atoms with Gasteiger partial charge in [-0.2, -0.15) is 0 Å². The molecule has 2 saturated carbocycles. The lowest BCUT2D eigenvalue weighted by Crippen LogP contribution is -2.58. The summed E-state index contributed by atoms with van der Waals surface area (Å²) in [5.41, 5.74) is 0.471. The fraction of sp³-hybridized carbons (Fsp3) is 0.528. The average Bonchev–Trinajstić information content (AvgIpc) is 3.57. The van der Waals surface area contributed by atoms with E-state index >= 15 is 0 Å². The zero-order valence-corrected chi connectivity index (χ0v) is 28.9. The van der Waals surface area contributed by atoms with Crippen LogP contribution in [0, 0.1) is 11.8 Å². The maximum absolute atomic E-state index is 14.4. The number of ketones is 1. The Labute approximate surface area is 291 Å². The zero-order valence-electron chi connectivity index (χ0n) is 27.4. The number of nitrogens with zero attached hydrogens (tertiary/aromatic N) is 1. The monoisotopic (exact) mass is 698 g/mol. The van der Waals surface area contributed by atoms with Crippen molar-refractivity contribution in [3.63, 3.8) is 0 Å². The Hall–Kier alpha value is -3.63. The Morgan fingerprint density at radius 1 is 1.00 bits per heavy atom. The van der Waals surface area contributed by atoms with Gasteiger partial charge in [-0.15, -0.1) is 0 Å². The van der Waals surface area contributed by atoms with Crippen molar-refractivity contribution in [1.82, 2.24) is 20.9 Å². The van der Waals surface area contributed by atoms with Crippen LogP contribution in [0.15, 0.2) is 48.5 Å². The van der Waals surface area contributed by atoms with E-state index in [1.54, 1.807) is 30.3 Å². The van der Waals surface area contributed by atoms with Crippen LogP contribution in [0.1, 0.15) is 77.2 Å². The lowest BCUT2D eigenvalue weighted by molar-refractivity contribution is -0.141. The normalized spacial score (nSPS) is 19.7. The second-order valence-corrected chi connectivity index (χ2v) is 14.7. The number of carbonyl (C=O) groups excluding carboxylic acids is 5. The Balaban J connectivity index is 1.48. The molecule has 48 heavy (non-hydrogen) atoms. The molecule has 1 heterocycles. The summed E-state index contributed by atoms with van der Waals surface area (Å²) in [4.78, 5) is 69.1. The smallest absolute Gasteiger partial charge is 0.410 e. The van der Waals surface area contributed by atoms with Gasteiger partial charge in [-0.3, -0.25) is 24.1 Å². The topological polar surface area (TPSA) is 134 Å². The molecule has 258 valence electrons. The number of amides is 4. The summed E-state index contributed by atoms with van der Waals surface area (Å²) in [6, 6.07) is 11.6. The van der Waals surface area contributed by atoms with E-state index in [1.165, 1.54) is 4.90 Å². The van der Waals surface area contributed by atoms with E-state index in [1.807, 2.05) is 32.0 Å². The predicted molar refractivity (Wildman–Crippen MR) is 183 cm³/mol. The Bertz CT molecular complexity index is 1510. The first-order valence-electron chi connectivity index (χ1n) is 16.9. The van der Waals surface area contributed by atoms with Gasteiger partial charge in [0, 0.05) is 40.5 Å². The van der Waals surface area contributed by atoms with Crippen LogP contribution in [0.4, 0.5) is 4.79 Å². The second kappa shape index (κ2) is 15.7. The van der Waals surface area contributed by atoms with Crippen LogP contribution >= 0.6 is 23.2 Å². The van der Waals surface area contributed by atoms with Crippen molar-refractivity contribution in [2.24, 2.45) is 11.8 Å². The standard InChI is InChI=1S/C36H44Cl2N4O6/c1-22(2)18-30(33(45)41-29(19-23-14-17-39-32(23)44)31(43)34(46)40-27-10-11-27)42(35(47)48-28-12-8-25(37)9-13-28)21-36(15-3-4-16-36)24-6-5-7-26(38)20-24/h5-9,12-13,20,22-23,27,29-30H,3-4,10-11,14-19,21H2,1-2H3,(H,39,44)(H,40,46)(H,41,45). The van der Waals surface area contributed by atoms with Crippen molar-refractivity contribution in [2.75, 3.05) is 13.1 Å². The number of benzene rings is 2. The summed E-state index contributed by atoms with van der Waals surface area (Å²) in [5.74, 6) is -2.71. The van der Waals surface area contributed by atoms with Gasteiger partial charge in [0.15, 0.2) is 0 Å². The van der Waals surface area contributed by atoms with E-state index < -0.39 is 47.1 Å². The minimum atomic E-state index is -1.25. The molecule has 2 aromatic carbocycles. The summed E-state index contributed by atoms with van der Waals surface area (Å²) >= 11 is 12.5. The van der Waals surface area contributed by atoms with Gasteiger partial charge in [-0.25, -0.2) is 4.79 Å². The van der Waals surface area contributed by atoms with Crippen LogP contribution in [0.2, 0.25) is 10.0 Å². The maximum atomic E-state index is 14.4. The SMILES string of the molecule is CC(C)CC(C(=O)NC(CC1CCNC1=O)C(=O)C(=O)NC1CC1)N(CC1(c2cccc(Cl)c2)CCCC1)C(=O)Oc1ccc(Cl)cc1. The van der Waals surface area contributed by atoms with E-state index in [-0.39, 0.29) is 43.0 Å². The minimum Gasteiger partial charge on any atom is -0.410 e. The number of halogens is 2. The highest BCUT2D eigenvalue weighted by atomic mass is 35.5. The van der Waals surface area contributed by atoms with Crippen LogP contribution in [-0.4, -0.2) is 65.7 Å². The highest BCUT2D eigenvalue weighted by Gasteiger charge is 2.44. The van der Waals surface area contributed by atoms with Gasteiger partial charge in [-0.1, -0.05) is 62.0 Å². The molecule has 0 spiro atoms. The number of ether oxygens (including phenoxy) is 1. The molecule has 2 aliphatic carbocycles. The van der Waals surface area contributed by atoms with E-state index in [4.69, 9.17) is 27.9 Å². The van der Waals surface area contributed by atoms with Gasteiger partial charge in [0.25, 0.3) is 5.91 Å². The van der Waals surface area contributed by atoms with Crippen molar-refractivity contribution in [2.45, 2.75) is 95.2 Å². The predicted octanol–water partition coefficient (Wildman–Crippen LogP) is 5.58. The fourth-order valence-electron chi connectivity index (χ4n) is 6.82. The molecule has 1 aliphatic heterocycles. The maximum Gasteiger partial charge on any atom is 0.415 e. The van der Waals surface area contributed by atoms with Gasteiger partial charge in [0.2, 0.25) is 17.6 Å². The molecule has 0 aromatic heterocycles. The molecule has 12 heteroatoms. The van der Waals surface area contributed by atoms with Crippen molar-refractivity contribution in [3.8, 4) is 5.75 Å². The van der Waals surface area contributed by atoms with Gasteiger partial charge in [0.05, 0.1) is 6.04 Å². The van der Waals surface area contributed by atoms with E-state index in [2.05, 4.69) is 16.0 Å². The van der Waals surface area contributed by atoms with Gasteiger partial charge < -0.3 is 20.7 Å². The molecule has 4 amide bonds. The molecule has 2 aromatic rings. The first-order valence-corrected chi connectivity index (χ1v) is 17.6. The van der Waals surface area contributed by atoms with E-state index in [0.29, 0.717) is 23.0 Å². The number of nitrogens with one attached hydrogen (secondary N) is 3. The molecule has 3 unspecified atom stereocenters. The molecule has 1 saturated heterocycles. The first-order chi connectivity index (χ1) is 22.9. The van der Waals surface area contributed by atoms with Gasteiger partial charge in [0.1, 0.15) is 11.8 Å². The molecular formula is C36H44Cl2N4O6. The van der Waals surface area contributed by atoms with Crippen LogP contribution in [0.25, 0.3) is 0 Å². The molecule has 0 bridgehead atoms. The van der Waals surface area contributed by atoms with E-state index in [0.717, 1.165) is 44.1 Å². The zero-order chi connectivity index (χ0) is 34.4. The summed E-state index contributed by atoms with van der Waals surface area (Å²) in [6.07, 6.45) is 4.98. The van der Waals surface area contributed by atoms with Crippen molar-refractivity contribution >= 4 is 52.8 Å². The molecule has 3 aliphatic rings. The molecule has 3 N–H and O–H groups in total. The molecule has 0 radical (unpaired) electrons. The number of hydrogen-bond acceptors (Lipinski definition) is 6. The van der Waals surface area contributed by atoms with Crippen LogP contribution < -0.4 is 20.7 Å². The summed E-state index contributed by atoms with van der Waals surface area (Å²) in [6.45, 7) is 4.51. The Morgan fingerprint density at radius 3 is 2.31 bits per heavy atom. The van der Waals surface area contributed by atoms with E-state index in [9.17, 15) is 24.0 Å². The molecular weight excluding hydrogens is 655 g/mol. The van der Waals surface area contributed by atoms with Crippen molar-refractivity contribution in [1.29, 1.82) is 0 Å². The number of carbonyl (C=O) groups is 5. The van der Waals surface area contributed by atoms with Crippen LogP contribution in [0.3, 0.4) is 0 Å². The molecule has 3 fully saturated rings. The quantitative estimate of drug-likeness (QED) is 0.221. The Morgan fingerprint density at radius 2 is 1.71 bits per heavy atom. The minimum absolute atomic E-state index is 0.0232. The highest BCUT2D eigenvalue weighted by Crippen LogP contribution is 2.43. The molecule has 3 atom stereocenters. The number of Topliss-reactive ketones (excluding diaryl/α,β-unsaturated/α-hetero) is 1. The number of hydrogen-bond donors (Lipinski definition) is 3. The summed E-state index contributed by atoms with van der Waals surface area (Å²) < 4.78 is 5.86. The van der Waals surface area contributed by atoms with Gasteiger partial charge >= 0.3 is 6.09 Å². The average molecular weight is 700 g/mol. The number of rotatable bonds is 14. The largest absolute Gasteiger partial charge is 0.415 e.